The highest BCUT2D eigenvalue weighted by molar-refractivity contribution is 5.91. The highest BCUT2D eigenvalue weighted by atomic mass is 16.7. The summed E-state index contributed by atoms with van der Waals surface area (Å²) < 4.78 is 0. The minimum absolute atomic E-state index is 0.344. The van der Waals surface area contributed by atoms with Crippen molar-refractivity contribution in [2.24, 2.45) is 0 Å². The summed E-state index contributed by atoms with van der Waals surface area (Å²) in [6, 6.07) is 9.52. The Hall–Kier alpha value is -2.10. The Kier molecular flexibility index (Phi) is 2.72. The number of hydrogen-bond donors (Lipinski definition) is 0. The maximum absolute atomic E-state index is 10.9. The summed E-state index contributed by atoms with van der Waals surface area (Å²) in [5.74, 6) is -0.344. The number of carbonyl (C=O) groups excluding carboxylic acids is 1. The summed E-state index contributed by atoms with van der Waals surface area (Å²) in [4.78, 5) is 20.1. The lowest BCUT2D eigenvalue weighted by Gasteiger charge is -2.18. The van der Waals surface area contributed by atoms with E-state index in [2.05, 4.69) is 4.98 Å². The number of fused-ring (bicyclic) bond motifs is 1. The van der Waals surface area contributed by atoms with Crippen molar-refractivity contribution in [1.82, 2.24) is 4.98 Å². The fraction of sp³-hybridized carbons (Fsp3) is 0.167. The maximum atomic E-state index is 10.9. The summed E-state index contributed by atoms with van der Waals surface area (Å²) >= 11 is 0. The van der Waals surface area contributed by atoms with Gasteiger partial charge in [0.15, 0.2) is 0 Å². The molecule has 0 atom stereocenters. The van der Waals surface area contributed by atoms with Crippen molar-refractivity contribution in [2.45, 2.75) is 6.92 Å². The lowest BCUT2D eigenvalue weighted by molar-refractivity contribution is -0.141. The third kappa shape index (κ3) is 1.95. The van der Waals surface area contributed by atoms with E-state index in [1.807, 2.05) is 30.3 Å². The first-order chi connectivity index (χ1) is 7.68. The molecule has 2 aromatic rings. The van der Waals surface area contributed by atoms with Gasteiger partial charge in [-0.3, -0.25) is 9.78 Å². The Bertz CT molecular complexity index is 520. The third-order valence-electron chi connectivity index (χ3n) is 2.23. The van der Waals surface area contributed by atoms with Gasteiger partial charge in [0, 0.05) is 25.6 Å². The fourth-order valence-corrected chi connectivity index (χ4v) is 1.60. The third-order valence-corrected chi connectivity index (χ3v) is 2.23. The van der Waals surface area contributed by atoms with Gasteiger partial charge in [0.2, 0.25) is 0 Å². The summed E-state index contributed by atoms with van der Waals surface area (Å²) in [5.41, 5.74) is 1.69. The molecule has 4 heteroatoms. The van der Waals surface area contributed by atoms with Crippen molar-refractivity contribution in [3.8, 4) is 0 Å². The Morgan fingerprint density at radius 2 is 2.06 bits per heavy atom. The van der Waals surface area contributed by atoms with Gasteiger partial charge in [-0.1, -0.05) is 18.2 Å². The van der Waals surface area contributed by atoms with Crippen molar-refractivity contribution in [3.63, 3.8) is 0 Å². The molecule has 16 heavy (non-hydrogen) atoms. The predicted molar refractivity (Wildman–Crippen MR) is 61.9 cm³/mol. The van der Waals surface area contributed by atoms with E-state index in [-0.39, 0.29) is 5.97 Å². The Labute approximate surface area is 93.4 Å². The molecular formula is C12H12N2O2. The highest BCUT2D eigenvalue weighted by Crippen LogP contribution is 2.24. The number of nitrogens with zero attached hydrogens (tertiary/aromatic N) is 2. The van der Waals surface area contributed by atoms with Crippen molar-refractivity contribution in [2.75, 3.05) is 12.1 Å². The molecule has 0 spiro atoms. The lowest BCUT2D eigenvalue weighted by atomic mass is 10.2. The zero-order chi connectivity index (χ0) is 11.5. The van der Waals surface area contributed by atoms with Crippen molar-refractivity contribution in [3.05, 3.63) is 36.5 Å². The van der Waals surface area contributed by atoms with Gasteiger partial charge in [-0.15, -0.1) is 0 Å². The van der Waals surface area contributed by atoms with E-state index in [1.165, 1.54) is 12.0 Å². The van der Waals surface area contributed by atoms with Gasteiger partial charge in [-0.2, -0.15) is 0 Å². The molecule has 82 valence electrons. The topological polar surface area (TPSA) is 42.4 Å². The number of hydrogen-bond acceptors (Lipinski definition) is 4. The number of benzene rings is 1. The standard InChI is InChI=1S/C12H12N2O2/c1-9(15)16-14(2)12-7-8-13-11-6-4-3-5-10(11)12/h3-8H,1-2H3. The lowest BCUT2D eigenvalue weighted by Crippen LogP contribution is -2.20. The van der Waals surface area contributed by atoms with Crippen LogP contribution in [0.4, 0.5) is 5.69 Å². The quantitative estimate of drug-likeness (QED) is 0.721. The molecular weight excluding hydrogens is 204 g/mol. The summed E-state index contributed by atoms with van der Waals surface area (Å²) in [6.45, 7) is 1.37. The van der Waals surface area contributed by atoms with Crippen LogP contribution in [0.5, 0.6) is 0 Å². The Morgan fingerprint density at radius 3 is 2.81 bits per heavy atom. The van der Waals surface area contributed by atoms with Crippen LogP contribution in [0.1, 0.15) is 6.92 Å². The number of anilines is 1. The van der Waals surface area contributed by atoms with Gasteiger partial charge < -0.3 is 4.84 Å². The Morgan fingerprint density at radius 1 is 1.31 bits per heavy atom. The van der Waals surface area contributed by atoms with Crippen molar-refractivity contribution < 1.29 is 9.63 Å². The molecule has 4 nitrogen and oxygen atoms in total. The molecule has 0 saturated carbocycles. The van der Waals surface area contributed by atoms with Crippen molar-refractivity contribution >= 4 is 22.6 Å². The SMILES string of the molecule is CC(=O)ON(C)c1ccnc2ccccc12. The number of carbonyl (C=O) groups is 1. The second-order valence-electron chi connectivity index (χ2n) is 3.43. The molecule has 1 heterocycles. The van der Waals surface area contributed by atoms with E-state index < -0.39 is 0 Å². The van der Waals surface area contributed by atoms with Crippen LogP contribution < -0.4 is 5.06 Å². The van der Waals surface area contributed by atoms with Crippen LogP contribution in [0.15, 0.2) is 36.5 Å². The monoisotopic (exact) mass is 216 g/mol. The zero-order valence-corrected chi connectivity index (χ0v) is 9.18. The van der Waals surface area contributed by atoms with Crippen LogP contribution in [0.25, 0.3) is 10.9 Å². The normalized spacial score (nSPS) is 10.1. The molecule has 0 aliphatic carbocycles. The van der Waals surface area contributed by atoms with Gasteiger partial charge in [-0.05, 0) is 12.1 Å². The molecule has 0 amide bonds. The zero-order valence-electron chi connectivity index (χ0n) is 9.18. The Balaban J connectivity index is 2.47. The summed E-state index contributed by atoms with van der Waals surface area (Å²) in [6.07, 6.45) is 1.69. The first kappa shape index (κ1) is 10.4. The largest absolute Gasteiger partial charge is 0.341 e. The van der Waals surface area contributed by atoms with E-state index in [0.29, 0.717) is 0 Å². The second-order valence-corrected chi connectivity index (χ2v) is 3.43. The van der Waals surface area contributed by atoms with Crippen LogP contribution >= 0.6 is 0 Å². The molecule has 0 aliphatic heterocycles. The van der Waals surface area contributed by atoms with E-state index in [0.717, 1.165) is 16.6 Å². The van der Waals surface area contributed by atoms with Crippen LogP contribution in [0.3, 0.4) is 0 Å². The summed E-state index contributed by atoms with van der Waals surface area (Å²) in [7, 11) is 1.70. The molecule has 0 fully saturated rings. The number of hydroxylamine groups is 1. The minimum Gasteiger partial charge on any atom is -0.341 e. The summed E-state index contributed by atoms with van der Waals surface area (Å²) in [5, 5.41) is 2.40. The number of aromatic nitrogens is 1. The molecule has 0 radical (unpaired) electrons. The van der Waals surface area contributed by atoms with Gasteiger partial charge in [0.1, 0.15) is 0 Å². The average molecular weight is 216 g/mol. The van der Waals surface area contributed by atoms with Crippen LogP contribution in [0.2, 0.25) is 0 Å². The first-order valence-electron chi connectivity index (χ1n) is 4.94. The average Bonchev–Trinajstić information content (AvgIpc) is 2.27. The van der Waals surface area contributed by atoms with Gasteiger partial charge in [0.25, 0.3) is 0 Å². The van der Waals surface area contributed by atoms with Gasteiger partial charge in [-0.25, -0.2) is 5.06 Å². The number of rotatable bonds is 2. The van der Waals surface area contributed by atoms with Crippen LogP contribution in [0, 0.1) is 0 Å². The van der Waals surface area contributed by atoms with E-state index in [1.54, 1.807) is 13.2 Å². The van der Waals surface area contributed by atoms with Crippen molar-refractivity contribution in [1.29, 1.82) is 0 Å². The minimum atomic E-state index is -0.344. The first-order valence-corrected chi connectivity index (χ1v) is 4.94. The van der Waals surface area contributed by atoms with Gasteiger partial charge >= 0.3 is 5.97 Å². The van der Waals surface area contributed by atoms with E-state index >= 15 is 0 Å². The van der Waals surface area contributed by atoms with E-state index in [9.17, 15) is 4.79 Å². The second kappa shape index (κ2) is 4.18. The molecule has 1 aromatic carbocycles. The fourth-order valence-electron chi connectivity index (χ4n) is 1.60. The highest BCUT2D eigenvalue weighted by Gasteiger charge is 2.08. The number of pyridine rings is 1. The van der Waals surface area contributed by atoms with E-state index in [4.69, 9.17) is 4.84 Å². The molecule has 0 saturated heterocycles. The molecule has 0 bridgehead atoms. The van der Waals surface area contributed by atoms with Gasteiger partial charge in [0.05, 0.1) is 11.2 Å². The maximum Gasteiger partial charge on any atom is 0.329 e. The predicted octanol–water partition coefficient (Wildman–Crippen LogP) is 2.15. The molecule has 0 unspecified atom stereocenters. The molecule has 1 aromatic heterocycles. The van der Waals surface area contributed by atoms with Crippen LogP contribution in [-0.4, -0.2) is 18.0 Å². The molecule has 0 N–H and O–H groups in total. The van der Waals surface area contributed by atoms with Crippen LogP contribution in [-0.2, 0) is 9.63 Å². The number of para-hydroxylation sites is 1. The molecule has 2 rings (SSSR count). The molecule has 0 aliphatic rings. The smallest absolute Gasteiger partial charge is 0.329 e.